The van der Waals surface area contributed by atoms with Gasteiger partial charge in [-0.2, -0.15) is 5.10 Å². The van der Waals surface area contributed by atoms with Crippen molar-refractivity contribution >= 4 is 23.2 Å². The third-order valence-corrected chi connectivity index (χ3v) is 3.94. The summed E-state index contributed by atoms with van der Waals surface area (Å²) in [7, 11) is 0. The van der Waals surface area contributed by atoms with Crippen LogP contribution in [0.4, 0.5) is 5.69 Å². The van der Waals surface area contributed by atoms with Gasteiger partial charge in [0.05, 0.1) is 6.42 Å². The van der Waals surface area contributed by atoms with Gasteiger partial charge < -0.3 is 5.32 Å². The molecule has 0 aliphatic rings. The summed E-state index contributed by atoms with van der Waals surface area (Å²) < 4.78 is 0. The largest absolute Gasteiger partial charge is 0.326 e. The molecule has 0 aliphatic heterocycles. The van der Waals surface area contributed by atoms with Crippen molar-refractivity contribution in [3.63, 3.8) is 0 Å². The van der Waals surface area contributed by atoms with Gasteiger partial charge in [-0.1, -0.05) is 43.7 Å². The number of carbonyl (C=O) groups excluding carboxylic acids is 2. The van der Waals surface area contributed by atoms with Gasteiger partial charge in [-0.25, -0.2) is 5.43 Å². The zero-order valence-electron chi connectivity index (χ0n) is 15.7. The van der Waals surface area contributed by atoms with Crippen molar-refractivity contribution in [3.05, 3.63) is 65.2 Å². The van der Waals surface area contributed by atoms with E-state index in [1.165, 1.54) is 5.56 Å². The van der Waals surface area contributed by atoms with Crippen LogP contribution >= 0.6 is 0 Å². The van der Waals surface area contributed by atoms with Crippen LogP contribution in [0.25, 0.3) is 0 Å². The second-order valence-electron chi connectivity index (χ2n) is 6.66. The highest BCUT2D eigenvalue weighted by Gasteiger charge is 2.07. The standard InChI is InChI=1S/C21H25N3O2/c1-14(2)17-9-11-19(12-10-17)22-20(25)13-16(4)23-24-21(26)18-7-5-15(3)6-8-18/h5-12,14H,13H2,1-4H3,(H,22,25)(H,24,26). The van der Waals surface area contributed by atoms with Crippen LogP contribution in [0.1, 0.15) is 54.6 Å². The third kappa shape index (κ3) is 5.84. The summed E-state index contributed by atoms with van der Waals surface area (Å²) in [6.07, 6.45) is 0.111. The van der Waals surface area contributed by atoms with Crippen LogP contribution in [0.2, 0.25) is 0 Å². The third-order valence-electron chi connectivity index (χ3n) is 3.94. The van der Waals surface area contributed by atoms with E-state index in [0.29, 0.717) is 17.2 Å². The zero-order chi connectivity index (χ0) is 19.1. The SMILES string of the molecule is CC(CC(=O)Nc1ccc(C(C)C)cc1)=NNC(=O)c1ccc(C)cc1. The summed E-state index contributed by atoms with van der Waals surface area (Å²) in [6, 6.07) is 15.0. The number of amides is 2. The van der Waals surface area contributed by atoms with E-state index in [1.807, 2.05) is 43.3 Å². The molecule has 2 aromatic rings. The molecule has 0 spiro atoms. The second kappa shape index (κ2) is 8.94. The van der Waals surface area contributed by atoms with Crippen molar-refractivity contribution in [1.29, 1.82) is 0 Å². The van der Waals surface area contributed by atoms with Crippen LogP contribution in [-0.2, 0) is 4.79 Å². The van der Waals surface area contributed by atoms with Gasteiger partial charge in [0.25, 0.3) is 5.91 Å². The average Bonchev–Trinajstić information content (AvgIpc) is 2.60. The first-order valence-corrected chi connectivity index (χ1v) is 8.65. The highest BCUT2D eigenvalue weighted by atomic mass is 16.2. The molecule has 0 atom stereocenters. The van der Waals surface area contributed by atoms with Crippen molar-refractivity contribution in [2.75, 3.05) is 5.32 Å². The maximum Gasteiger partial charge on any atom is 0.271 e. The van der Waals surface area contributed by atoms with Crippen molar-refractivity contribution in [3.8, 4) is 0 Å². The van der Waals surface area contributed by atoms with Gasteiger partial charge in [0.1, 0.15) is 0 Å². The fourth-order valence-electron chi connectivity index (χ4n) is 2.34. The highest BCUT2D eigenvalue weighted by Crippen LogP contribution is 2.17. The lowest BCUT2D eigenvalue weighted by atomic mass is 10.0. The van der Waals surface area contributed by atoms with Crippen molar-refractivity contribution in [1.82, 2.24) is 5.43 Å². The van der Waals surface area contributed by atoms with Crippen molar-refractivity contribution < 1.29 is 9.59 Å². The minimum atomic E-state index is -0.297. The lowest BCUT2D eigenvalue weighted by molar-refractivity contribution is -0.115. The molecule has 0 aromatic heterocycles. The van der Waals surface area contributed by atoms with Crippen LogP contribution in [0.5, 0.6) is 0 Å². The van der Waals surface area contributed by atoms with Crippen LogP contribution in [0.3, 0.4) is 0 Å². The topological polar surface area (TPSA) is 70.6 Å². The lowest BCUT2D eigenvalue weighted by Gasteiger charge is -2.08. The van der Waals surface area contributed by atoms with E-state index in [9.17, 15) is 9.59 Å². The summed E-state index contributed by atoms with van der Waals surface area (Å²) in [4.78, 5) is 24.1. The Labute approximate surface area is 154 Å². The smallest absolute Gasteiger partial charge is 0.271 e. The Hall–Kier alpha value is -2.95. The molecule has 2 rings (SSSR count). The summed E-state index contributed by atoms with van der Waals surface area (Å²) in [6.45, 7) is 7.91. The van der Waals surface area contributed by atoms with Gasteiger partial charge >= 0.3 is 0 Å². The normalized spacial score (nSPS) is 11.3. The maximum absolute atomic E-state index is 12.1. The fourth-order valence-corrected chi connectivity index (χ4v) is 2.34. The number of hydrogen-bond donors (Lipinski definition) is 2. The molecule has 2 amide bonds. The van der Waals surface area contributed by atoms with Gasteiger partial charge in [0.2, 0.25) is 5.91 Å². The Morgan fingerprint density at radius 1 is 1.00 bits per heavy atom. The first-order chi connectivity index (χ1) is 12.3. The molecule has 0 saturated heterocycles. The predicted octanol–water partition coefficient (Wildman–Crippen LogP) is 4.25. The Morgan fingerprint density at radius 3 is 2.19 bits per heavy atom. The zero-order valence-corrected chi connectivity index (χ0v) is 15.7. The van der Waals surface area contributed by atoms with E-state index in [1.54, 1.807) is 19.1 Å². The molecule has 0 unspecified atom stereocenters. The van der Waals surface area contributed by atoms with Gasteiger partial charge in [0.15, 0.2) is 0 Å². The molecule has 26 heavy (non-hydrogen) atoms. The highest BCUT2D eigenvalue weighted by molar-refractivity contribution is 6.06. The Morgan fingerprint density at radius 2 is 1.62 bits per heavy atom. The number of hydrazone groups is 1. The molecule has 0 aliphatic carbocycles. The molecule has 2 N–H and O–H groups in total. The summed E-state index contributed by atoms with van der Waals surface area (Å²) in [5, 5.41) is 6.83. The van der Waals surface area contributed by atoms with Crippen molar-refractivity contribution in [2.24, 2.45) is 5.10 Å². The lowest BCUT2D eigenvalue weighted by Crippen LogP contribution is -2.21. The second-order valence-corrected chi connectivity index (χ2v) is 6.66. The van der Waals surface area contributed by atoms with Gasteiger partial charge in [-0.3, -0.25) is 9.59 Å². The average molecular weight is 351 g/mol. The van der Waals surface area contributed by atoms with E-state index in [2.05, 4.69) is 29.7 Å². The molecule has 5 heteroatoms. The number of nitrogens with one attached hydrogen (secondary N) is 2. The first-order valence-electron chi connectivity index (χ1n) is 8.65. The molecule has 136 valence electrons. The molecule has 0 heterocycles. The first kappa shape index (κ1) is 19.4. The number of carbonyl (C=O) groups is 2. The number of nitrogens with zero attached hydrogens (tertiary/aromatic N) is 1. The Kier molecular flexibility index (Phi) is 6.67. The predicted molar refractivity (Wildman–Crippen MR) is 106 cm³/mol. The Bertz CT molecular complexity index is 791. The van der Waals surface area contributed by atoms with Crippen LogP contribution in [0, 0.1) is 6.92 Å². The molecule has 0 radical (unpaired) electrons. The molecule has 2 aromatic carbocycles. The quantitative estimate of drug-likeness (QED) is 0.603. The minimum absolute atomic E-state index is 0.111. The molecule has 0 bridgehead atoms. The monoisotopic (exact) mass is 351 g/mol. The van der Waals surface area contributed by atoms with Crippen LogP contribution < -0.4 is 10.7 Å². The van der Waals surface area contributed by atoms with E-state index in [-0.39, 0.29) is 18.2 Å². The van der Waals surface area contributed by atoms with Crippen molar-refractivity contribution in [2.45, 2.75) is 40.0 Å². The van der Waals surface area contributed by atoms with Crippen LogP contribution in [-0.4, -0.2) is 17.5 Å². The maximum atomic E-state index is 12.1. The molecular weight excluding hydrogens is 326 g/mol. The van der Waals surface area contributed by atoms with E-state index < -0.39 is 0 Å². The molecule has 5 nitrogen and oxygen atoms in total. The number of aryl methyl sites for hydroxylation is 1. The number of benzene rings is 2. The van der Waals surface area contributed by atoms with Gasteiger partial charge in [0, 0.05) is 17.0 Å². The van der Waals surface area contributed by atoms with Crippen LogP contribution in [0.15, 0.2) is 53.6 Å². The number of anilines is 1. The van der Waals surface area contributed by atoms with Gasteiger partial charge in [-0.05, 0) is 49.6 Å². The van der Waals surface area contributed by atoms with E-state index in [0.717, 1.165) is 11.3 Å². The number of hydrogen-bond acceptors (Lipinski definition) is 3. The minimum Gasteiger partial charge on any atom is -0.326 e. The number of rotatable bonds is 6. The van der Waals surface area contributed by atoms with E-state index in [4.69, 9.17) is 0 Å². The summed E-state index contributed by atoms with van der Waals surface area (Å²) >= 11 is 0. The molecule has 0 saturated carbocycles. The summed E-state index contributed by atoms with van der Waals surface area (Å²) in [5.74, 6) is -0.0200. The molecule has 0 fully saturated rings. The fraction of sp³-hybridized carbons (Fsp3) is 0.286. The van der Waals surface area contributed by atoms with Gasteiger partial charge in [-0.15, -0.1) is 0 Å². The Balaban J connectivity index is 1.86. The molecular formula is C21H25N3O2. The summed E-state index contributed by atoms with van der Waals surface area (Å²) in [5.41, 5.74) is 6.59. The van der Waals surface area contributed by atoms with E-state index >= 15 is 0 Å².